The topological polar surface area (TPSA) is 50.3 Å². The van der Waals surface area contributed by atoms with E-state index in [4.69, 9.17) is 4.74 Å². The molecule has 0 amide bonds. The van der Waals surface area contributed by atoms with E-state index in [1.807, 2.05) is 19.0 Å². The number of rotatable bonds is 7. The van der Waals surface area contributed by atoms with Crippen molar-refractivity contribution in [2.75, 3.05) is 45.7 Å². The molecule has 0 radical (unpaired) electrons. The third-order valence-corrected chi connectivity index (χ3v) is 1.87. The zero-order valence-electron chi connectivity index (χ0n) is 9.61. The Hall–Kier alpha value is -1.27. The Morgan fingerprint density at radius 3 is 2.88 bits per heavy atom. The molecule has 16 heavy (non-hydrogen) atoms. The van der Waals surface area contributed by atoms with Crippen LogP contribution in [0.3, 0.4) is 0 Å². The first-order valence-electron chi connectivity index (χ1n) is 5.12. The number of nitrogens with one attached hydrogen (secondary N) is 1. The van der Waals surface area contributed by atoms with Crippen molar-refractivity contribution < 1.29 is 9.13 Å². The molecule has 0 aliphatic rings. The summed E-state index contributed by atoms with van der Waals surface area (Å²) < 4.78 is 18.0. The maximum Gasteiger partial charge on any atom is 0.217 e. The molecule has 1 rings (SSSR count). The quantitative estimate of drug-likeness (QED) is 0.547. The highest BCUT2D eigenvalue weighted by Gasteiger charge is 1.96. The Kier molecular flexibility index (Phi) is 5.66. The van der Waals surface area contributed by atoms with E-state index in [9.17, 15) is 4.39 Å². The average molecular weight is 228 g/mol. The molecule has 0 bridgehead atoms. The molecule has 0 saturated carbocycles. The van der Waals surface area contributed by atoms with Gasteiger partial charge in [0.15, 0.2) is 0 Å². The zero-order valence-corrected chi connectivity index (χ0v) is 9.61. The minimum absolute atomic E-state index is 0.476. The average Bonchev–Trinajstić information content (AvgIpc) is 2.23. The van der Waals surface area contributed by atoms with Crippen molar-refractivity contribution in [3.05, 3.63) is 18.3 Å². The van der Waals surface area contributed by atoms with Gasteiger partial charge in [0, 0.05) is 19.2 Å². The second-order valence-corrected chi connectivity index (χ2v) is 3.57. The third-order valence-electron chi connectivity index (χ3n) is 1.87. The van der Waals surface area contributed by atoms with Crippen LogP contribution in [0.1, 0.15) is 0 Å². The van der Waals surface area contributed by atoms with Gasteiger partial charge < -0.3 is 15.0 Å². The molecule has 0 spiro atoms. The highest BCUT2D eigenvalue weighted by atomic mass is 19.1. The number of nitrogens with zero attached hydrogens (tertiary/aromatic N) is 3. The van der Waals surface area contributed by atoms with E-state index < -0.39 is 5.95 Å². The standard InChI is InChI=1S/C10H17FN4O/c1-15(2)4-6-16-5-3-12-10-7-9(11)13-8-14-10/h7-8H,3-6H2,1-2H3,(H,12,13,14). The monoisotopic (exact) mass is 228 g/mol. The Morgan fingerprint density at radius 2 is 2.19 bits per heavy atom. The first-order valence-corrected chi connectivity index (χ1v) is 5.12. The number of hydrogen-bond acceptors (Lipinski definition) is 5. The Bertz CT molecular complexity index is 309. The van der Waals surface area contributed by atoms with Crippen molar-refractivity contribution >= 4 is 5.82 Å². The number of ether oxygens (including phenoxy) is 1. The summed E-state index contributed by atoms with van der Waals surface area (Å²) in [5.74, 6) is -0.0604. The summed E-state index contributed by atoms with van der Waals surface area (Å²) in [6, 6.07) is 1.25. The first-order chi connectivity index (χ1) is 7.68. The van der Waals surface area contributed by atoms with E-state index in [0.717, 1.165) is 6.54 Å². The van der Waals surface area contributed by atoms with Gasteiger partial charge in [0.25, 0.3) is 0 Å². The van der Waals surface area contributed by atoms with Crippen molar-refractivity contribution in [1.82, 2.24) is 14.9 Å². The van der Waals surface area contributed by atoms with Gasteiger partial charge in [-0.3, -0.25) is 0 Å². The lowest BCUT2D eigenvalue weighted by Crippen LogP contribution is -2.20. The fourth-order valence-electron chi connectivity index (χ4n) is 1.03. The number of hydrogen-bond donors (Lipinski definition) is 1. The van der Waals surface area contributed by atoms with Crippen molar-refractivity contribution in [2.24, 2.45) is 0 Å². The molecule has 0 aliphatic carbocycles. The Balaban J connectivity index is 2.07. The van der Waals surface area contributed by atoms with E-state index in [1.54, 1.807) is 0 Å². The first kappa shape index (κ1) is 12.8. The van der Waals surface area contributed by atoms with E-state index in [0.29, 0.717) is 25.6 Å². The molecule has 5 nitrogen and oxygen atoms in total. The Labute approximate surface area is 94.6 Å². The van der Waals surface area contributed by atoms with E-state index in [-0.39, 0.29) is 0 Å². The zero-order chi connectivity index (χ0) is 11.8. The van der Waals surface area contributed by atoms with E-state index in [1.165, 1.54) is 12.4 Å². The third kappa shape index (κ3) is 5.57. The summed E-state index contributed by atoms with van der Waals surface area (Å²) >= 11 is 0. The van der Waals surface area contributed by atoms with Gasteiger partial charge in [-0.1, -0.05) is 0 Å². The van der Waals surface area contributed by atoms with Gasteiger partial charge in [-0.25, -0.2) is 9.97 Å². The molecule has 1 heterocycles. The summed E-state index contributed by atoms with van der Waals surface area (Å²) in [6.07, 6.45) is 1.19. The molecular weight excluding hydrogens is 211 g/mol. The summed E-state index contributed by atoms with van der Waals surface area (Å²) in [7, 11) is 3.98. The molecule has 0 fully saturated rings. The summed E-state index contributed by atoms with van der Waals surface area (Å²) in [5.41, 5.74) is 0. The fourth-order valence-corrected chi connectivity index (χ4v) is 1.03. The summed E-state index contributed by atoms with van der Waals surface area (Å²) in [5, 5.41) is 2.94. The van der Waals surface area contributed by atoms with Crippen molar-refractivity contribution in [3.63, 3.8) is 0 Å². The molecule has 0 aromatic carbocycles. The summed E-state index contributed by atoms with van der Waals surface area (Å²) in [6.45, 7) is 2.75. The van der Waals surface area contributed by atoms with Crippen LogP contribution in [0, 0.1) is 5.95 Å². The molecule has 0 atom stereocenters. The van der Waals surface area contributed by atoms with Crippen LogP contribution in [-0.4, -0.2) is 55.3 Å². The Morgan fingerprint density at radius 1 is 1.38 bits per heavy atom. The minimum atomic E-state index is -0.536. The molecule has 1 N–H and O–H groups in total. The van der Waals surface area contributed by atoms with Crippen LogP contribution in [0.25, 0.3) is 0 Å². The van der Waals surface area contributed by atoms with Crippen LogP contribution in [0.5, 0.6) is 0 Å². The molecular formula is C10H17FN4O. The normalized spacial score (nSPS) is 10.8. The molecule has 1 aromatic rings. The lowest BCUT2D eigenvalue weighted by atomic mass is 10.5. The molecule has 0 saturated heterocycles. The minimum Gasteiger partial charge on any atom is -0.378 e. The van der Waals surface area contributed by atoms with Crippen molar-refractivity contribution in [3.8, 4) is 0 Å². The molecule has 0 aliphatic heterocycles. The smallest absolute Gasteiger partial charge is 0.217 e. The van der Waals surface area contributed by atoms with Crippen LogP contribution in [0.2, 0.25) is 0 Å². The fraction of sp³-hybridized carbons (Fsp3) is 0.600. The second kappa shape index (κ2) is 7.08. The SMILES string of the molecule is CN(C)CCOCCNc1cc(F)ncn1. The van der Waals surface area contributed by atoms with Gasteiger partial charge in [-0.15, -0.1) is 0 Å². The molecule has 0 unspecified atom stereocenters. The maximum absolute atomic E-state index is 12.7. The van der Waals surface area contributed by atoms with Crippen molar-refractivity contribution in [1.29, 1.82) is 0 Å². The highest BCUT2D eigenvalue weighted by molar-refractivity contribution is 5.31. The predicted molar refractivity (Wildman–Crippen MR) is 59.9 cm³/mol. The van der Waals surface area contributed by atoms with Gasteiger partial charge >= 0.3 is 0 Å². The number of likely N-dealkylation sites (N-methyl/N-ethyl adjacent to an activating group) is 1. The highest BCUT2D eigenvalue weighted by Crippen LogP contribution is 2.00. The molecule has 6 heteroatoms. The van der Waals surface area contributed by atoms with Crippen LogP contribution >= 0.6 is 0 Å². The van der Waals surface area contributed by atoms with Gasteiger partial charge in [-0.2, -0.15) is 4.39 Å². The summed E-state index contributed by atoms with van der Waals surface area (Å²) in [4.78, 5) is 9.27. The molecule has 1 aromatic heterocycles. The number of halogens is 1. The van der Waals surface area contributed by atoms with Gasteiger partial charge in [0.05, 0.1) is 13.2 Å². The number of aromatic nitrogens is 2. The largest absolute Gasteiger partial charge is 0.378 e. The number of anilines is 1. The lowest BCUT2D eigenvalue weighted by molar-refractivity contribution is 0.126. The van der Waals surface area contributed by atoms with Gasteiger partial charge in [0.2, 0.25) is 5.95 Å². The van der Waals surface area contributed by atoms with Gasteiger partial charge in [0.1, 0.15) is 12.1 Å². The van der Waals surface area contributed by atoms with E-state index in [2.05, 4.69) is 15.3 Å². The van der Waals surface area contributed by atoms with Crippen LogP contribution in [0.4, 0.5) is 10.2 Å². The lowest BCUT2D eigenvalue weighted by Gasteiger charge is -2.10. The van der Waals surface area contributed by atoms with Crippen molar-refractivity contribution in [2.45, 2.75) is 0 Å². The second-order valence-electron chi connectivity index (χ2n) is 3.57. The molecule has 90 valence electrons. The van der Waals surface area contributed by atoms with Crippen LogP contribution < -0.4 is 5.32 Å². The maximum atomic E-state index is 12.7. The van der Waals surface area contributed by atoms with Crippen LogP contribution in [0.15, 0.2) is 12.4 Å². The van der Waals surface area contributed by atoms with E-state index >= 15 is 0 Å². The van der Waals surface area contributed by atoms with Crippen LogP contribution in [-0.2, 0) is 4.74 Å². The predicted octanol–water partition coefficient (Wildman–Crippen LogP) is 0.606. The van der Waals surface area contributed by atoms with Gasteiger partial charge in [-0.05, 0) is 14.1 Å².